The maximum atomic E-state index is 12.0. The zero-order valence-corrected chi connectivity index (χ0v) is 10.4. The Morgan fingerprint density at radius 3 is 2.88 bits per heavy atom. The topological polar surface area (TPSA) is 73.6 Å². The Hall–Kier alpha value is -0.650. The first-order chi connectivity index (χ1) is 8.24. The van der Waals surface area contributed by atoms with Crippen LogP contribution in [0.2, 0.25) is 0 Å². The summed E-state index contributed by atoms with van der Waals surface area (Å²) in [5.41, 5.74) is 5.53. The zero-order chi connectivity index (χ0) is 12.3. The van der Waals surface area contributed by atoms with Crippen LogP contribution in [-0.2, 0) is 14.3 Å². The highest BCUT2D eigenvalue weighted by Gasteiger charge is 2.34. The van der Waals surface area contributed by atoms with Gasteiger partial charge in [0.05, 0.1) is 18.2 Å². The molecule has 2 fully saturated rings. The van der Waals surface area contributed by atoms with Crippen molar-refractivity contribution >= 4 is 5.91 Å². The first-order valence-electron chi connectivity index (χ1n) is 6.43. The van der Waals surface area contributed by atoms with Crippen LogP contribution in [0.15, 0.2) is 0 Å². The van der Waals surface area contributed by atoms with E-state index < -0.39 is 0 Å². The van der Waals surface area contributed by atoms with Gasteiger partial charge < -0.3 is 20.5 Å². The molecule has 1 saturated carbocycles. The highest BCUT2D eigenvalue weighted by molar-refractivity contribution is 5.81. The number of nitrogens with two attached hydrogens (primary N) is 1. The fraction of sp³-hybridized carbons (Fsp3) is 0.917. The molecule has 0 radical (unpaired) electrons. The van der Waals surface area contributed by atoms with Crippen LogP contribution < -0.4 is 11.1 Å². The third-order valence-corrected chi connectivity index (χ3v) is 3.75. The predicted octanol–water partition coefficient (Wildman–Crippen LogP) is 0.176. The number of nitrogens with one attached hydrogen (secondary N) is 1. The lowest BCUT2D eigenvalue weighted by molar-refractivity contribution is -0.133. The second-order valence-electron chi connectivity index (χ2n) is 4.88. The molecule has 98 valence electrons. The first-order valence-corrected chi connectivity index (χ1v) is 6.43. The van der Waals surface area contributed by atoms with Gasteiger partial charge in [0, 0.05) is 13.7 Å². The standard InChI is InChI=1S/C12H22N2O3/c1-16-10-4-2-3-9(10)14-12(15)11-6-5-8(7-13)17-11/h8-11H,2-7,13H2,1H3,(H,14,15). The molecule has 3 N–H and O–H groups in total. The zero-order valence-electron chi connectivity index (χ0n) is 10.4. The molecule has 0 aromatic carbocycles. The molecular formula is C12H22N2O3. The Morgan fingerprint density at radius 1 is 1.41 bits per heavy atom. The Kier molecular flexibility index (Phi) is 4.36. The molecule has 1 aliphatic heterocycles. The minimum atomic E-state index is -0.318. The highest BCUT2D eigenvalue weighted by atomic mass is 16.5. The average molecular weight is 242 g/mol. The summed E-state index contributed by atoms with van der Waals surface area (Å²) in [7, 11) is 1.70. The normalized spacial score (nSPS) is 37.3. The molecule has 17 heavy (non-hydrogen) atoms. The molecule has 1 aliphatic carbocycles. The molecule has 1 heterocycles. The molecule has 0 bridgehead atoms. The molecule has 4 atom stereocenters. The summed E-state index contributed by atoms with van der Waals surface area (Å²) in [6.45, 7) is 0.494. The molecule has 0 aromatic heterocycles. The number of rotatable bonds is 4. The van der Waals surface area contributed by atoms with E-state index in [9.17, 15) is 4.79 Å². The fourth-order valence-corrected chi connectivity index (χ4v) is 2.72. The second kappa shape index (κ2) is 5.80. The Morgan fingerprint density at radius 2 is 2.24 bits per heavy atom. The smallest absolute Gasteiger partial charge is 0.249 e. The minimum absolute atomic E-state index is 0.00472. The van der Waals surface area contributed by atoms with E-state index in [4.69, 9.17) is 15.2 Å². The van der Waals surface area contributed by atoms with Crippen molar-refractivity contribution in [3.05, 3.63) is 0 Å². The Bertz CT molecular complexity index is 272. The van der Waals surface area contributed by atoms with Gasteiger partial charge in [0.15, 0.2) is 0 Å². The van der Waals surface area contributed by atoms with Crippen molar-refractivity contribution in [2.75, 3.05) is 13.7 Å². The van der Waals surface area contributed by atoms with E-state index in [0.717, 1.165) is 32.1 Å². The summed E-state index contributed by atoms with van der Waals surface area (Å²) in [6, 6.07) is 0.146. The van der Waals surface area contributed by atoms with Gasteiger partial charge >= 0.3 is 0 Å². The Balaban J connectivity index is 1.81. The summed E-state index contributed by atoms with van der Waals surface area (Å²) in [6.07, 6.45) is 4.68. The van der Waals surface area contributed by atoms with E-state index in [1.54, 1.807) is 7.11 Å². The van der Waals surface area contributed by atoms with Crippen LogP contribution >= 0.6 is 0 Å². The van der Waals surface area contributed by atoms with Gasteiger partial charge in [0.2, 0.25) is 5.91 Å². The van der Waals surface area contributed by atoms with Crippen molar-refractivity contribution in [3.8, 4) is 0 Å². The lowest BCUT2D eigenvalue weighted by Crippen LogP contribution is -2.45. The van der Waals surface area contributed by atoms with Crippen molar-refractivity contribution in [2.24, 2.45) is 5.73 Å². The summed E-state index contributed by atoms with van der Waals surface area (Å²) in [5, 5.41) is 3.04. The summed E-state index contributed by atoms with van der Waals surface area (Å²) in [4.78, 5) is 12.0. The van der Waals surface area contributed by atoms with Crippen LogP contribution in [0, 0.1) is 0 Å². The lowest BCUT2D eigenvalue weighted by atomic mass is 10.1. The van der Waals surface area contributed by atoms with Crippen molar-refractivity contribution < 1.29 is 14.3 Å². The fourth-order valence-electron chi connectivity index (χ4n) is 2.72. The van der Waals surface area contributed by atoms with Gasteiger partial charge in [-0.15, -0.1) is 0 Å². The van der Waals surface area contributed by atoms with E-state index in [2.05, 4.69) is 5.32 Å². The van der Waals surface area contributed by atoms with E-state index in [0.29, 0.717) is 6.54 Å². The van der Waals surface area contributed by atoms with Gasteiger partial charge in [-0.3, -0.25) is 4.79 Å². The predicted molar refractivity (Wildman–Crippen MR) is 63.5 cm³/mol. The van der Waals surface area contributed by atoms with Crippen LogP contribution in [0.1, 0.15) is 32.1 Å². The van der Waals surface area contributed by atoms with Gasteiger partial charge in [-0.2, -0.15) is 0 Å². The Labute approximate surface area is 102 Å². The van der Waals surface area contributed by atoms with E-state index in [1.807, 2.05) is 0 Å². The molecule has 2 aliphatic rings. The quantitative estimate of drug-likeness (QED) is 0.737. The molecule has 5 heteroatoms. The minimum Gasteiger partial charge on any atom is -0.379 e. The number of carbonyl (C=O) groups is 1. The maximum Gasteiger partial charge on any atom is 0.249 e. The molecule has 0 spiro atoms. The number of hydrogen-bond donors (Lipinski definition) is 2. The third kappa shape index (κ3) is 2.97. The van der Waals surface area contributed by atoms with Gasteiger partial charge in [-0.1, -0.05) is 0 Å². The number of amides is 1. The largest absolute Gasteiger partial charge is 0.379 e. The molecule has 5 nitrogen and oxygen atoms in total. The van der Waals surface area contributed by atoms with Gasteiger partial charge in [-0.05, 0) is 32.1 Å². The average Bonchev–Trinajstić information content (AvgIpc) is 2.96. The molecule has 1 amide bonds. The molecule has 1 saturated heterocycles. The van der Waals surface area contributed by atoms with E-state index in [1.165, 1.54) is 0 Å². The number of ether oxygens (including phenoxy) is 2. The van der Waals surface area contributed by atoms with E-state index >= 15 is 0 Å². The summed E-state index contributed by atoms with van der Waals surface area (Å²) >= 11 is 0. The van der Waals surface area contributed by atoms with Crippen LogP contribution in [0.5, 0.6) is 0 Å². The van der Waals surface area contributed by atoms with Gasteiger partial charge in [0.1, 0.15) is 6.10 Å². The monoisotopic (exact) mass is 242 g/mol. The van der Waals surface area contributed by atoms with Crippen molar-refractivity contribution in [1.82, 2.24) is 5.32 Å². The van der Waals surface area contributed by atoms with Gasteiger partial charge in [-0.25, -0.2) is 0 Å². The van der Waals surface area contributed by atoms with Crippen molar-refractivity contribution in [1.29, 1.82) is 0 Å². The van der Waals surface area contributed by atoms with Crippen LogP contribution in [0.3, 0.4) is 0 Å². The molecular weight excluding hydrogens is 220 g/mol. The third-order valence-electron chi connectivity index (χ3n) is 3.75. The number of hydrogen-bond acceptors (Lipinski definition) is 4. The molecule has 0 aromatic rings. The van der Waals surface area contributed by atoms with Gasteiger partial charge in [0.25, 0.3) is 0 Å². The summed E-state index contributed by atoms with van der Waals surface area (Å²) in [5.74, 6) is -0.00472. The lowest BCUT2D eigenvalue weighted by Gasteiger charge is -2.21. The molecule has 4 unspecified atom stereocenters. The number of methoxy groups -OCH3 is 1. The maximum absolute atomic E-state index is 12.0. The molecule has 2 rings (SSSR count). The van der Waals surface area contributed by atoms with Crippen molar-refractivity contribution in [2.45, 2.75) is 56.5 Å². The second-order valence-corrected chi connectivity index (χ2v) is 4.88. The van der Waals surface area contributed by atoms with E-state index in [-0.39, 0.29) is 30.3 Å². The highest BCUT2D eigenvalue weighted by Crippen LogP contribution is 2.23. The van der Waals surface area contributed by atoms with Crippen LogP contribution in [0.4, 0.5) is 0 Å². The SMILES string of the molecule is COC1CCCC1NC(=O)C1CCC(CN)O1. The number of carbonyl (C=O) groups excluding carboxylic acids is 1. The summed E-state index contributed by atoms with van der Waals surface area (Å²) < 4.78 is 10.9. The van der Waals surface area contributed by atoms with Crippen LogP contribution in [0.25, 0.3) is 0 Å². The van der Waals surface area contributed by atoms with Crippen LogP contribution in [-0.4, -0.2) is 43.9 Å². The first kappa shape index (κ1) is 12.8. The van der Waals surface area contributed by atoms with Crippen molar-refractivity contribution in [3.63, 3.8) is 0 Å².